The van der Waals surface area contributed by atoms with Crippen molar-refractivity contribution in [3.8, 4) is 0 Å². The largest absolute Gasteiger partial charge is 0.324 e. The first-order valence-electron chi connectivity index (χ1n) is 5.39. The third-order valence-electron chi connectivity index (χ3n) is 2.71. The highest BCUT2D eigenvalue weighted by molar-refractivity contribution is 7.07. The maximum absolute atomic E-state index is 13.5. The van der Waals surface area contributed by atoms with E-state index in [2.05, 4.69) is 0 Å². The Morgan fingerprint density at radius 1 is 1.24 bits per heavy atom. The number of rotatable bonds is 4. The van der Waals surface area contributed by atoms with Crippen molar-refractivity contribution in [2.45, 2.75) is 18.9 Å². The zero-order chi connectivity index (χ0) is 12.3. The fourth-order valence-electron chi connectivity index (χ4n) is 1.72. The van der Waals surface area contributed by atoms with E-state index in [4.69, 9.17) is 5.73 Å². The highest BCUT2D eigenvalue weighted by Crippen LogP contribution is 2.22. The van der Waals surface area contributed by atoms with Crippen LogP contribution in [-0.4, -0.2) is 0 Å². The second kappa shape index (κ2) is 5.38. The smallest absolute Gasteiger partial charge is 0.163 e. The molecule has 0 spiro atoms. The predicted octanol–water partition coefficient (Wildman–Crippen LogP) is 3.66. The van der Waals surface area contributed by atoms with Gasteiger partial charge in [0.2, 0.25) is 0 Å². The summed E-state index contributed by atoms with van der Waals surface area (Å²) in [6, 6.07) is 5.67. The third kappa shape index (κ3) is 2.90. The van der Waals surface area contributed by atoms with Crippen LogP contribution >= 0.6 is 11.3 Å². The molecule has 0 fully saturated rings. The molecule has 2 N–H and O–H groups in total. The number of halogens is 2. The van der Waals surface area contributed by atoms with Crippen LogP contribution in [0.3, 0.4) is 0 Å². The Labute approximate surface area is 103 Å². The Balaban J connectivity index is 2.04. The summed E-state index contributed by atoms with van der Waals surface area (Å²) in [6.45, 7) is 0. The van der Waals surface area contributed by atoms with Gasteiger partial charge in [0.05, 0.1) is 0 Å². The highest BCUT2D eigenvalue weighted by atomic mass is 32.1. The van der Waals surface area contributed by atoms with Crippen molar-refractivity contribution in [2.75, 3.05) is 0 Å². The second-order valence-electron chi connectivity index (χ2n) is 3.92. The molecule has 4 heteroatoms. The van der Waals surface area contributed by atoms with E-state index in [1.54, 1.807) is 11.3 Å². The minimum Gasteiger partial charge on any atom is -0.324 e. The first kappa shape index (κ1) is 12.2. The molecule has 17 heavy (non-hydrogen) atoms. The highest BCUT2D eigenvalue weighted by Gasteiger charge is 2.14. The van der Waals surface area contributed by atoms with E-state index < -0.39 is 17.7 Å². The average Bonchev–Trinajstić information content (AvgIpc) is 2.82. The lowest BCUT2D eigenvalue weighted by Gasteiger charge is -2.12. The predicted molar refractivity (Wildman–Crippen MR) is 65.9 cm³/mol. The topological polar surface area (TPSA) is 26.0 Å². The van der Waals surface area contributed by atoms with E-state index >= 15 is 0 Å². The molecule has 0 amide bonds. The molecule has 2 aromatic rings. The van der Waals surface area contributed by atoms with Crippen molar-refractivity contribution in [1.29, 1.82) is 0 Å². The Morgan fingerprint density at radius 3 is 2.76 bits per heavy atom. The molecule has 1 heterocycles. The van der Waals surface area contributed by atoms with Crippen LogP contribution in [0.15, 0.2) is 35.0 Å². The van der Waals surface area contributed by atoms with Gasteiger partial charge in [0.25, 0.3) is 0 Å². The average molecular weight is 253 g/mol. The van der Waals surface area contributed by atoms with E-state index in [1.807, 2.05) is 16.8 Å². The van der Waals surface area contributed by atoms with Gasteiger partial charge in [0.1, 0.15) is 0 Å². The molecule has 1 unspecified atom stereocenters. The summed E-state index contributed by atoms with van der Waals surface area (Å²) in [5.41, 5.74) is 7.31. The van der Waals surface area contributed by atoms with Gasteiger partial charge in [-0.25, -0.2) is 8.78 Å². The standard InChI is InChI=1S/C13H13F2NS/c14-11-3-1-2-10(13(11)15)12(16)5-4-9-6-7-17-8-9/h1-3,6-8,12H,4-5,16H2. The molecule has 90 valence electrons. The molecule has 1 nitrogen and oxygen atoms in total. The van der Waals surface area contributed by atoms with Crippen LogP contribution < -0.4 is 5.73 Å². The summed E-state index contributed by atoms with van der Waals surface area (Å²) in [6.07, 6.45) is 1.39. The van der Waals surface area contributed by atoms with E-state index in [1.165, 1.54) is 17.7 Å². The van der Waals surface area contributed by atoms with Crippen molar-refractivity contribution in [3.63, 3.8) is 0 Å². The van der Waals surface area contributed by atoms with Crippen LogP contribution in [0.2, 0.25) is 0 Å². The van der Waals surface area contributed by atoms with Crippen LogP contribution in [0, 0.1) is 11.6 Å². The minimum atomic E-state index is -0.839. The van der Waals surface area contributed by atoms with Gasteiger partial charge in [-0.1, -0.05) is 12.1 Å². The zero-order valence-electron chi connectivity index (χ0n) is 9.20. The van der Waals surface area contributed by atoms with Gasteiger partial charge in [-0.15, -0.1) is 0 Å². The zero-order valence-corrected chi connectivity index (χ0v) is 10.0. The van der Waals surface area contributed by atoms with E-state index in [9.17, 15) is 8.78 Å². The lowest BCUT2D eigenvalue weighted by atomic mass is 10.0. The van der Waals surface area contributed by atoms with Crippen LogP contribution in [0.25, 0.3) is 0 Å². The monoisotopic (exact) mass is 253 g/mol. The Morgan fingerprint density at radius 2 is 2.06 bits per heavy atom. The van der Waals surface area contributed by atoms with Crippen molar-refractivity contribution in [1.82, 2.24) is 0 Å². The summed E-state index contributed by atoms with van der Waals surface area (Å²) >= 11 is 1.62. The van der Waals surface area contributed by atoms with E-state index in [0.29, 0.717) is 6.42 Å². The van der Waals surface area contributed by atoms with Crippen LogP contribution in [-0.2, 0) is 6.42 Å². The fourth-order valence-corrected chi connectivity index (χ4v) is 2.42. The summed E-state index contributed by atoms with van der Waals surface area (Å²) in [7, 11) is 0. The van der Waals surface area contributed by atoms with Crippen LogP contribution in [0.4, 0.5) is 8.78 Å². The van der Waals surface area contributed by atoms with E-state index in [0.717, 1.165) is 12.5 Å². The number of benzene rings is 1. The van der Waals surface area contributed by atoms with Gasteiger partial charge >= 0.3 is 0 Å². The maximum Gasteiger partial charge on any atom is 0.163 e. The number of thiophene rings is 1. The molecule has 0 aliphatic rings. The molecule has 0 aliphatic heterocycles. The van der Waals surface area contributed by atoms with Crippen molar-refractivity contribution < 1.29 is 8.78 Å². The summed E-state index contributed by atoms with van der Waals surface area (Å²) in [5, 5.41) is 4.03. The maximum atomic E-state index is 13.5. The van der Waals surface area contributed by atoms with Crippen LogP contribution in [0.1, 0.15) is 23.6 Å². The fraction of sp³-hybridized carbons (Fsp3) is 0.231. The molecule has 1 atom stereocenters. The Hall–Kier alpha value is -1.26. The molecular formula is C13H13F2NS. The van der Waals surface area contributed by atoms with Gasteiger partial charge in [-0.3, -0.25) is 0 Å². The van der Waals surface area contributed by atoms with Gasteiger partial charge in [0, 0.05) is 11.6 Å². The lowest BCUT2D eigenvalue weighted by Crippen LogP contribution is -2.13. The second-order valence-corrected chi connectivity index (χ2v) is 4.70. The minimum absolute atomic E-state index is 0.250. The third-order valence-corrected chi connectivity index (χ3v) is 3.44. The van der Waals surface area contributed by atoms with Crippen LogP contribution in [0.5, 0.6) is 0 Å². The summed E-state index contributed by atoms with van der Waals surface area (Å²) in [4.78, 5) is 0. The molecule has 0 saturated heterocycles. The Bertz CT molecular complexity index is 482. The molecule has 2 rings (SSSR count). The molecule has 0 bridgehead atoms. The first-order valence-corrected chi connectivity index (χ1v) is 6.33. The lowest BCUT2D eigenvalue weighted by molar-refractivity contribution is 0.483. The van der Waals surface area contributed by atoms with Gasteiger partial charge in [-0.05, 0) is 41.3 Å². The molecular weight excluding hydrogens is 240 g/mol. The van der Waals surface area contributed by atoms with Gasteiger partial charge in [-0.2, -0.15) is 11.3 Å². The summed E-state index contributed by atoms with van der Waals surface area (Å²) in [5.74, 6) is -1.67. The number of hydrogen-bond acceptors (Lipinski definition) is 2. The van der Waals surface area contributed by atoms with Crippen molar-refractivity contribution in [3.05, 3.63) is 57.8 Å². The Kier molecular flexibility index (Phi) is 3.86. The van der Waals surface area contributed by atoms with E-state index in [-0.39, 0.29) is 5.56 Å². The quantitative estimate of drug-likeness (QED) is 0.884. The molecule has 0 radical (unpaired) electrons. The normalized spacial score (nSPS) is 12.6. The summed E-state index contributed by atoms with van der Waals surface area (Å²) < 4.78 is 26.5. The SMILES string of the molecule is NC(CCc1ccsc1)c1cccc(F)c1F. The molecule has 1 aromatic carbocycles. The molecule has 0 saturated carbocycles. The number of nitrogens with two attached hydrogens (primary N) is 1. The number of aryl methyl sites for hydroxylation is 1. The molecule has 1 aromatic heterocycles. The van der Waals surface area contributed by atoms with Crippen molar-refractivity contribution in [2.24, 2.45) is 5.73 Å². The first-order chi connectivity index (χ1) is 8.18. The van der Waals surface area contributed by atoms with Gasteiger partial charge in [0.15, 0.2) is 11.6 Å². The van der Waals surface area contributed by atoms with Gasteiger partial charge < -0.3 is 5.73 Å². The molecule has 0 aliphatic carbocycles. The van der Waals surface area contributed by atoms with Crippen molar-refractivity contribution >= 4 is 11.3 Å². The number of hydrogen-bond donors (Lipinski definition) is 1.